The van der Waals surface area contributed by atoms with Crippen molar-refractivity contribution in [1.82, 2.24) is 0 Å². The van der Waals surface area contributed by atoms with E-state index in [1.165, 1.54) is 62.2 Å². The lowest BCUT2D eigenvalue weighted by Crippen LogP contribution is -2.09. The SMILES string of the molecule is c1ccc(-c2ccc(N(c3ccc4c(ccc5sc6ccccc6c54)c3)c3ccc4sc5ccccc5c4c3)cc2)cc1. The molecule has 0 spiro atoms. The average Bonchev–Trinajstić information content (AvgIpc) is 3.64. The Hall–Kier alpha value is -4.96. The molecule has 0 aliphatic heterocycles. The second-order valence-electron chi connectivity index (χ2n) is 11.0. The van der Waals surface area contributed by atoms with Crippen LogP contribution >= 0.6 is 22.7 Å². The molecule has 1 nitrogen and oxygen atoms in total. The van der Waals surface area contributed by atoms with Crippen molar-refractivity contribution in [1.29, 1.82) is 0 Å². The normalized spacial score (nSPS) is 11.7. The van der Waals surface area contributed by atoms with Crippen LogP contribution in [0.5, 0.6) is 0 Å². The molecule has 0 atom stereocenters. The maximum absolute atomic E-state index is 2.40. The molecule has 0 saturated carbocycles. The molecule has 0 amide bonds. The van der Waals surface area contributed by atoms with Gasteiger partial charge in [0.15, 0.2) is 0 Å². The summed E-state index contributed by atoms with van der Waals surface area (Å²) in [5.74, 6) is 0. The summed E-state index contributed by atoms with van der Waals surface area (Å²) >= 11 is 3.73. The maximum Gasteiger partial charge on any atom is 0.0468 e. The predicted molar refractivity (Wildman–Crippen MR) is 190 cm³/mol. The van der Waals surface area contributed by atoms with E-state index in [0.717, 1.165) is 17.1 Å². The van der Waals surface area contributed by atoms with Crippen LogP contribution in [0.2, 0.25) is 0 Å². The number of thiophene rings is 2. The van der Waals surface area contributed by atoms with Gasteiger partial charge in [-0.05, 0) is 82.6 Å². The van der Waals surface area contributed by atoms with Gasteiger partial charge in [0, 0.05) is 57.4 Å². The van der Waals surface area contributed by atoms with Crippen molar-refractivity contribution in [2.75, 3.05) is 4.90 Å². The Balaban J connectivity index is 1.24. The molecule has 2 aromatic heterocycles. The van der Waals surface area contributed by atoms with Gasteiger partial charge < -0.3 is 4.90 Å². The van der Waals surface area contributed by atoms with Crippen molar-refractivity contribution in [3.8, 4) is 11.1 Å². The number of anilines is 3. The van der Waals surface area contributed by atoms with E-state index in [1.807, 2.05) is 22.7 Å². The topological polar surface area (TPSA) is 3.24 Å². The summed E-state index contributed by atoms with van der Waals surface area (Å²) < 4.78 is 5.32. The summed E-state index contributed by atoms with van der Waals surface area (Å²) in [6.07, 6.45) is 0. The van der Waals surface area contributed by atoms with Crippen LogP contribution in [0.25, 0.3) is 62.2 Å². The third kappa shape index (κ3) is 4.04. The summed E-state index contributed by atoms with van der Waals surface area (Å²) in [4.78, 5) is 2.40. The second kappa shape index (κ2) is 9.81. The molecule has 0 unspecified atom stereocenters. The Morgan fingerprint density at radius 1 is 0.349 bits per heavy atom. The summed E-state index contributed by atoms with van der Waals surface area (Å²) in [6, 6.07) is 55.5. The van der Waals surface area contributed by atoms with E-state index in [4.69, 9.17) is 0 Å². The molecule has 9 rings (SSSR count). The van der Waals surface area contributed by atoms with Crippen LogP contribution in [0, 0.1) is 0 Å². The van der Waals surface area contributed by atoms with E-state index in [-0.39, 0.29) is 0 Å². The molecule has 9 aromatic rings. The highest BCUT2D eigenvalue weighted by molar-refractivity contribution is 7.26. The molecule has 0 radical (unpaired) electrons. The molecule has 43 heavy (non-hydrogen) atoms. The predicted octanol–water partition coefficient (Wildman–Crippen LogP) is 12.7. The molecular weight excluding hydrogens is 559 g/mol. The number of rotatable bonds is 4. The first-order valence-electron chi connectivity index (χ1n) is 14.5. The van der Waals surface area contributed by atoms with Crippen LogP contribution in [-0.2, 0) is 0 Å². The van der Waals surface area contributed by atoms with E-state index in [9.17, 15) is 0 Å². The van der Waals surface area contributed by atoms with Crippen LogP contribution in [0.1, 0.15) is 0 Å². The minimum Gasteiger partial charge on any atom is -0.310 e. The van der Waals surface area contributed by atoms with E-state index in [2.05, 4.69) is 157 Å². The molecule has 0 fully saturated rings. The van der Waals surface area contributed by atoms with Crippen molar-refractivity contribution in [2.45, 2.75) is 0 Å². The zero-order valence-electron chi connectivity index (χ0n) is 23.2. The fourth-order valence-electron chi connectivity index (χ4n) is 6.41. The van der Waals surface area contributed by atoms with Gasteiger partial charge in [0.25, 0.3) is 0 Å². The van der Waals surface area contributed by atoms with Crippen molar-refractivity contribution in [2.24, 2.45) is 0 Å². The van der Waals surface area contributed by atoms with Crippen molar-refractivity contribution in [3.05, 3.63) is 152 Å². The minimum absolute atomic E-state index is 1.14. The number of benzene rings is 7. The van der Waals surface area contributed by atoms with E-state index < -0.39 is 0 Å². The smallest absolute Gasteiger partial charge is 0.0468 e. The highest BCUT2D eigenvalue weighted by Gasteiger charge is 2.17. The van der Waals surface area contributed by atoms with Crippen molar-refractivity contribution >= 4 is 90.9 Å². The monoisotopic (exact) mass is 583 g/mol. The van der Waals surface area contributed by atoms with Crippen LogP contribution in [-0.4, -0.2) is 0 Å². The zero-order valence-corrected chi connectivity index (χ0v) is 24.8. The van der Waals surface area contributed by atoms with E-state index in [0.29, 0.717) is 0 Å². The van der Waals surface area contributed by atoms with Crippen LogP contribution in [0.4, 0.5) is 17.1 Å². The molecule has 0 N–H and O–H groups in total. The average molecular weight is 584 g/mol. The third-order valence-corrected chi connectivity index (χ3v) is 10.7. The molecular formula is C40H25NS2. The van der Waals surface area contributed by atoms with Crippen molar-refractivity contribution in [3.63, 3.8) is 0 Å². The lowest BCUT2D eigenvalue weighted by atomic mass is 10.0. The van der Waals surface area contributed by atoms with Gasteiger partial charge in [0.2, 0.25) is 0 Å². The Bertz CT molecular complexity index is 2450. The number of hydrogen-bond donors (Lipinski definition) is 0. The molecule has 0 bridgehead atoms. The Morgan fingerprint density at radius 2 is 0.930 bits per heavy atom. The van der Waals surface area contributed by atoms with Gasteiger partial charge >= 0.3 is 0 Å². The third-order valence-electron chi connectivity index (χ3n) is 8.45. The molecule has 202 valence electrons. The first-order chi connectivity index (χ1) is 21.3. The lowest BCUT2D eigenvalue weighted by molar-refractivity contribution is 1.30. The standard InChI is InChI=1S/C40H25NS2/c1-2-8-26(9-3-1)27-14-17-29(18-15-27)41(31-20-23-38-35(25-31)33-10-4-6-12-36(33)42-38)30-19-21-32-28(24-30)16-22-39-40(32)34-11-5-7-13-37(34)43-39/h1-25H. The number of hydrogen-bond acceptors (Lipinski definition) is 3. The number of fused-ring (bicyclic) bond motifs is 8. The summed E-state index contributed by atoms with van der Waals surface area (Å²) in [6.45, 7) is 0. The highest BCUT2D eigenvalue weighted by Crippen LogP contribution is 2.43. The van der Waals surface area contributed by atoms with Gasteiger partial charge in [0.1, 0.15) is 0 Å². The van der Waals surface area contributed by atoms with E-state index >= 15 is 0 Å². The summed E-state index contributed by atoms with van der Waals surface area (Å²) in [5, 5.41) is 7.86. The van der Waals surface area contributed by atoms with Crippen LogP contribution in [0.15, 0.2) is 152 Å². The largest absolute Gasteiger partial charge is 0.310 e. The first-order valence-corrected chi connectivity index (χ1v) is 16.1. The van der Waals surface area contributed by atoms with Gasteiger partial charge in [-0.25, -0.2) is 0 Å². The summed E-state index contributed by atoms with van der Waals surface area (Å²) in [7, 11) is 0. The quantitative estimate of drug-likeness (QED) is 0.199. The van der Waals surface area contributed by atoms with Crippen molar-refractivity contribution < 1.29 is 0 Å². The van der Waals surface area contributed by atoms with Gasteiger partial charge in [-0.2, -0.15) is 0 Å². The fraction of sp³-hybridized carbons (Fsp3) is 0. The molecule has 0 saturated heterocycles. The fourth-order valence-corrected chi connectivity index (χ4v) is 8.62. The van der Waals surface area contributed by atoms with E-state index in [1.54, 1.807) is 0 Å². The number of nitrogens with zero attached hydrogens (tertiary/aromatic N) is 1. The van der Waals surface area contributed by atoms with Gasteiger partial charge in [-0.3, -0.25) is 0 Å². The second-order valence-corrected chi connectivity index (χ2v) is 13.1. The lowest BCUT2D eigenvalue weighted by Gasteiger charge is -2.26. The molecule has 0 aliphatic carbocycles. The molecule has 2 heterocycles. The Kier molecular flexibility index (Phi) is 5.62. The molecule has 7 aromatic carbocycles. The highest BCUT2D eigenvalue weighted by atomic mass is 32.1. The van der Waals surface area contributed by atoms with Gasteiger partial charge in [-0.15, -0.1) is 22.7 Å². The van der Waals surface area contributed by atoms with Gasteiger partial charge in [-0.1, -0.05) is 91.0 Å². The zero-order chi connectivity index (χ0) is 28.3. The van der Waals surface area contributed by atoms with Crippen LogP contribution < -0.4 is 4.90 Å². The Labute approximate surface area is 257 Å². The first kappa shape index (κ1) is 24.6. The molecule has 3 heteroatoms. The Morgan fingerprint density at radius 3 is 1.77 bits per heavy atom. The summed E-state index contributed by atoms with van der Waals surface area (Å²) in [5.41, 5.74) is 5.89. The molecule has 0 aliphatic rings. The van der Waals surface area contributed by atoms with Crippen LogP contribution in [0.3, 0.4) is 0 Å². The minimum atomic E-state index is 1.14. The van der Waals surface area contributed by atoms with Gasteiger partial charge in [0.05, 0.1) is 0 Å². The maximum atomic E-state index is 2.40.